The van der Waals surface area contributed by atoms with E-state index < -0.39 is 11.7 Å². The molecule has 7 heteroatoms. The first-order valence-electron chi connectivity index (χ1n) is 8.07. The molecule has 2 aromatic carbocycles. The molecule has 0 spiro atoms. The number of hydrogen-bond donors (Lipinski definition) is 0. The van der Waals surface area contributed by atoms with Crippen LogP contribution in [0, 0.1) is 5.82 Å². The number of nitrogens with zero attached hydrogens (tertiary/aromatic N) is 3. The minimum Gasteiger partial charge on any atom is -0.497 e. The molecule has 134 valence electrons. The minimum absolute atomic E-state index is 0.0440. The van der Waals surface area contributed by atoms with Crippen molar-refractivity contribution in [3.05, 3.63) is 59.9 Å². The van der Waals surface area contributed by atoms with Crippen LogP contribution in [0.1, 0.15) is 24.2 Å². The van der Waals surface area contributed by atoms with Crippen molar-refractivity contribution in [1.82, 2.24) is 14.8 Å². The second-order valence-corrected chi connectivity index (χ2v) is 5.81. The highest BCUT2D eigenvalue weighted by atomic mass is 19.1. The van der Waals surface area contributed by atoms with Gasteiger partial charge in [-0.05, 0) is 38.1 Å². The highest BCUT2D eigenvalue weighted by Gasteiger charge is 2.22. The van der Waals surface area contributed by atoms with Gasteiger partial charge in [-0.15, -0.1) is 5.10 Å². The smallest absolute Gasteiger partial charge is 0.336 e. The average molecular weight is 355 g/mol. The van der Waals surface area contributed by atoms with Gasteiger partial charge in [0, 0.05) is 5.56 Å². The molecule has 0 radical (unpaired) electrons. The van der Waals surface area contributed by atoms with Crippen molar-refractivity contribution in [1.29, 1.82) is 0 Å². The molecular weight excluding hydrogens is 337 g/mol. The molecule has 6 nitrogen and oxygen atoms in total. The summed E-state index contributed by atoms with van der Waals surface area (Å²) in [5.41, 5.74) is 0.498. The highest BCUT2D eigenvalue weighted by molar-refractivity contribution is 5.97. The molecule has 0 fully saturated rings. The second-order valence-electron chi connectivity index (χ2n) is 5.81. The van der Waals surface area contributed by atoms with Gasteiger partial charge in [-0.25, -0.2) is 4.39 Å². The number of carbonyl (C=O) groups excluding carboxylic acids is 1. The van der Waals surface area contributed by atoms with Gasteiger partial charge in [0.2, 0.25) is 0 Å². The van der Waals surface area contributed by atoms with Gasteiger partial charge < -0.3 is 9.47 Å². The summed E-state index contributed by atoms with van der Waals surface area (Å²) in [6.07, 6.45) is -0.174. The molecule has 0 aliphatic rings. The summed E-state index contributed by atoms with van der Waals surface area (Å²) < 4.78 is 25.8. The number of aromatic nitrogens is 3. The molecule has 0 N–H and O–H groups in total. The zero-order valence-electron chi connectivity index (χ0n) is 14.6. The maximum atomic E-state index is 14.1. The predicted octanol–water partition coefficient (Wildman–Crippen LogP) is 3.57. The van der Waals surface area contributed by atoms with E-state index in [1.807, 2.05) is 13.8 Å². The van der Waals surface area contributed by atoms with Crippen LogP contribution in [0.2, 0.25) is 0 Å². The van der Waals surface area contributed by atoms with Crippen LogP contribution in [0.5, 0.6) is 11.8 Å². The van der Waals surface area contributed by atoms with Gasteiger partial charge in [0.25, 0.3) is 5.91 Å². The first-order valence-corrected chi connectivity index (χ1v) is 8.07. The Labute approximate surface area is 150 Å². The van der Waals surface area contributed by atoms with Crippen LogP contribution in [0.25, 0.3) is 11.4 Å². The van der Waals surface area contributed by atoms with E-state index in [9.17, 15) is 9.18 Å². The predicted molar refractivity (Wildman–Crippen MR) is 93.9 cm³/mol. The van der Waals surface area contributed by atoms with Crippen molar-refractivity contribution < 1.29 is 18.7 Å². The summed E-state index contributed by atoms with van der Waals surface area (Å²) >= 11 is 0. The Morgan fingerprint density at radius 3 is 2.62 bits per heavy atom. The topological polar surface area (TPSA) is 66.2 Å². The number of methoxy groups -OCH3 is 1. The lowest BCUT2D eigenvalue weighted by atomic mass is 10.1. The third-order valence-corrected chi connectivity index (χ3v) is 3.55. The van der Waals surface area contributed by atoms with Crippen LogP contribution in [0.3, 0.4) is 0 Å². The van der Waals surface area contributed by atoms with Crippen LogP contribution in [0.15, 0.2) is 48.5 Å². The van der Waals surface area contributed by atoms with Gasteiger partial charge in [0.05, 0.1) is 18.8 Å². The van der Waals surface area contributed by atoms with Crippen LogP contribution < -0.4 is 9.47 Å². The molecule has 1 aromatic heterocycles. The lowest BCUT2D eigenvalue weighted by Crippen LogP contribution is -2.17. The lowest BCUT2D eigenvalue weighted by molar-refractivity contribution is 0.0939. The number of halogens is 1. The molecule has 0 bridgehead atoms. The SMILES string of the molecule is COc1cccc(-c2nc(OC(C)C)nn2C(=O)c2ccccc2F)c1. The quantitative estimate of drug-likeness (QED) is 0.700. The molecule has 0 saturated carbocycles. The third kappa shape index (κ3) is 3.56. The first-order chi connectivity index (χ1) is 12.5. The summed E-state index contributed by atoms with van der Waals surface area (Å²) in [4.78, 5) is 17.2. The molecule has 3 rings (SSSR count). The molecule has 0 atom stereocenters. The fourth-order valence-electron chi connectivity index (χ4n) is 2.39. The van der Waals surface area contributed by atoms with Gasteiger partial charge in [0.1, 0.15) is 11.6 Å². The summed E-state index contributed by atoms with van der Waals surface area (Å²) in [5, 5.41) is 4.13. The number of rotatable bonds is 5. The number of hydrogen-bond acceptors (Lipinski definition) is 5. The first kappa shape index (κ1) is 17.6. The maximum absolute atomic E-state index is 14.1. The second kappa shape index (κ2) is 7.35. The van der Waals surface area contributed by atoms with E-state index in [1.165, 1.54) is 18.2 Å². The van der Waals surface area contributed by atoms with Crippen LogP contribution in [-0.2, 0) is 0 Å². The molecule has 0 aliphatic heterocycles. The van der Waals surface area contributed by atoms with Crippen molar-refractivity contribution >= 4 is 5.91 Å². The number of carbonyl (C=O) groups is 1. The van der Waals surface area contributed by atoms with Gasteiger partial charge in [-0.2, -0.15) is 9.67 Å². The average Bonchev–Trinajstić information content (AvgIpc) is 3.04. The Morgan fingerprint density at radius 2 is 1.92 bits per heavy atom. The van der Waals surface area contributed by atoms with Gasteiger partial charge in [-0.1, -0.05) is 24.3 Å². The largest absolute Gasteiger partial charge is 0.497 e. The Balaban J connectivity index is 2.12. The van der Waals surface area contributed by atoms with Gasteiger partial charge in [0.15, 0.2) is 5.82 Å². The molecule has 1 heterocycles. The van der Waals surface area contributed by atoms with Crippen LogP contribution in [-0.4, -0.2) is 33.9 Å². The Bertz CT molecular complexity index is 937. The molecule has 0 saturated heterocycles. The zero-order chi connectivity index (χ0) is 18.7. The maximum Gasteiger partial charge on any atom is 0.336 e. The third-order valence-electron chi connectivity index (χ3n) is 3.55. The van der Waals surface area contributed by atoms with Crippen LogP contribution in [0.4, 0.5) is 4.39 Å². The summed E-state index contributed by atoms with van der Waals surface area (Å²) in [5.74, 6) is -0.419. The highest BCUT2D eigenvalue weighted by Crippen LogP contribution is 2.25. The van der Waals surface area contributed by atoms with Crippen molar-refractivity contribution in [2.24, 2.45) is 0 Å². The molecule has 0 unspecified atom stereocenters. The molecular formula is C19H18FN3O3. The van der Waals surface area contributed by atoms with Gasteiger partial charge in [-0.3, -0.25) is 4.79 Å². The summed E-state index contributed by atoms with van der Waals surface area (Å²) in [6.45, 7) is 3.65. The summed E-state index contributed by atoms with van der Waals surface area (Å²) in [6, 6.07) is 12.8. The van der Waals surface area contributed by atoms with E-state index in [4.69, 9.17) is 9.47 Å². The van der Waals surface area contributed by atoms with E-state index in [2.05, 4.69) is 10.1 Å². The monoisotopic (exact) mass is 355 g/mol. The van der Waals surface area contributed by atoms with E-state index in [-0.39, 0.29) is 23.5 Å². The Kier molecular flexibility index (Phi) is 4.97. The molecule has 3 aromatic rings. The molecule has 0 amide bonds. The zero-order valence-corrected chi connectivity index (χ0v) is 14.6. The lowest BCUT2D eigenvalue weighted by Gasteiger charge is -2.06. The minimum atomic E-state index is -0.632. The van der Waals surface area contributed by atoms with Crippen molar-refractivity contribution in [3.63, 3.8) is 0 Å². The fraction of sp³-hybridized carbons (Fsp3) is 0.211. The fourth-order valence-corrected chi connectivity index (χ4v) is 2.39. The van der Waals surface area contributed by atoms with Crippen molar-refractivity contribution in [2.45, 2.75) is 20.0 Å². The van der Waals surface area contributed by atoms with Crippen LogP contribution >= 0.6 is 0 Å². The Hall–Kier alpha value is -3.22. The molecule has 26 heavy (non-hydrogen) atoms. The number of ether oxygens (including phenoxy) is 2. The van der Waals surface area contributed by atoms with Crippen molar-refractivity contribution in [3.8, 4) is 23.1 Å². The van der Waals surface area contributed by atoms with E-state index in [0.29, 0.717) is 11.3 Å². The summed E-state index contributed by atoms with van der Waals surface area (Å²) in [7, 11) is 1.54. The standard InChI is InChI=1S/C19H18FN3O3/c1-12(2)26-19-21-17(13-7-6-8-14(11-13)25-3)23(22-19)18(24)15-9-4-5-10-16(15)20/h4-12H,1-3H3. The van der Waals surface area contributed by atoms with Crippen molar-refractivity contribution in [2.75, 3.05) is 7.11 Å². The van der Waals surface area contributed by atoms with E-state index >= 15 is 0 Å². The van der Waals surface area contributed by atoms with E-state index in [1.54, 1.807) is 37.4 Å². The van der Waals surface area contributed by atoms with E-state index in [0.717, 1.165) is 4.68 Å². The normalized spacial score (nSPS) is 10.8. The molecule has 0 aliphatic carbocycles. The van der Waals surface area contributed by atoms with Gasteiger partial charge >= 0.3 is 6.01 Å². The number of benzene rings is 2. The Morgan fingerprint density at radius 1 is 1.15 bits per heavy atom.